The minimum absolute atomic E-state index is 0.131. The van der Waals surface area contributed by atoms with Crippen LogP contribution in [-0.2, 0) is 4.79 Å². The van der Waals surface area contributed by atoms with Crippen molar-refractivity contribution in [2.75, 3.05) is 25.9 Å². The monoisotopic (exact) mass is 293 g/mol. The topological polar surface area (TPSA) is 93.4 Å². The summed E-state index contributed by atoms with van der Waals surface area (Å²) in [5.74, 6) is 0.149. The van der Waals surface area contributed by atoms with E-state index in [9.17, 15) is 9.59 Å². The SMILES string of the molecule is CCOc1ccc(C(=O)NCC(C)(C)C(=O)NC)cc1N. The molecule has 0 saturated carbocycles. The van der Waals surface area contributed by atoms with E-state index in [1.54, 1.807) is 39.1 Å². The fourth-order valence-electron chi connectivity index (χ4n) is 1.80. The molecule has 0 aliphatic heterocycles. The molecule has 0 aromatic heterocycles. The quantitative estimate of drug-likeness (QED) is 0.686. The number of ether oxygens (including phenoxy) is 1. The first-order chi connectivity index (χ1) is 9.81. The summed E-state index contributed by atoms with van der Waals surface area (Å²) in [5.41, 5.74) is 5.99. The Morgan fingerprint density at radius 3 is 2.52 bits per heavy atom. The van der Waals surface area contributed by atoms with E-state index in [4.69, 9.17) is 10.5 Å². The highest BCUT2D eigenvalue weighted by atomic mass is 16.5. The molecule has 4 N–H and O–H groups in total. The van der Waals surface area contributed by atoms with Gasteiger partial charge in [0.1, 0.15) is 5.75 Å². The number of nitrogens with two attached hydrogens (primary N) is 1. The Labute approximate surface area is 125 Å². The third kappa shape index (κ3) is 4.37. The smallest absolute Gasteiger partial charge is 0.251 e. The molecule has 0 atom stereocenters. The first kappa shape index (κ1) is 16.8. The second-order valence-corrected chi connectivity index (χ2v) is 5.33. The van der Waals surface area contributed by atoms with Gasteiger partial charge in [-0.2, -0.15) is 0 Å². The van der Waals surface area contributed by atoms with Gasteiger partial charge in [0.15, 0.2) is 0 Å². The molecule has 6 nitrogen and oxygen atoms in total. The predicted octanol–water partition coefficient (Wildman–Crippen LogP) is 1.17. The first-order valence-electron chi connectivity index (χ1n) is 6.84. The van der Waals surface area contributed by atoms with Gasteiger partial charge in [0, 0.05) is 19.2 Å². The van der Waals surface area contributed by atoms with Crippen LogP contribution in [0, 0.1) is 5.41 Å². The number of hydrogen-bond acceptors (Lipinski definition) is 4. The van der Waals surface area contributed by atoms with Crippen LogP contribution in [-0.4, -0.2) is 32.0 Å². The van der Waals surface area contributed by atoms with Crippen molar-refractivity contribution in [1.82, 2.24) is 10.6 Å². The Hall–Kier alpha value is -2.24. The molecule has 2 amide bonds. The molecule has 0 fully saturated rings. The molecule has 0 bridgehead atoms. The van der Waals surface area contributed by atoms with Crippen LogP contribution in [0.2, 0.25) is 0 Å². The van der Waals surface area contributed by atoms with Crippen LogP contribution in [0.4, 0.5) is 5.69 Å². The van der Waals surface area contributed by atoms with Gasteiger partial charge in [-0.05, 0) is 39.0 Å². The fourth-order valence-corrected chi connectivity index (χ4v) is 1.80. The van der Waals surface area contributed by atoms with Crippen molar-refractivity contribution in [1.29, 1.82) is 0 Å². The maximum absolute atomic E-state index is 12.1. The third-order valence-electron chi connectivity index (χ3n) is 3.10. The molecular formula is C15H23N3O3. The summed E-state index contributed by atoms with van der Waals surface area (Å²) >= 11 is 0. The molecule has 0 unspecified atom stereocenters. The molecule has 21 heavy (non-hydrogen) atoms. The van der Waals surface area contributed by atoms with E-state index in [1.165, 1.54) is 0 Å². The molecular weight excluding hydrogens is 270 g/mol. The van der Waals surface area contributed by atoms with Gasteiger partial charge in [-0.1, -0.05) is 0 Å². The second-order valence-electron chi connectivity index (χ2n) is 5.33. The summed E-state index contributed by atoms with van der Waals surface area (Å²) < 4.78 is 5.32. The van der Waals surface area contributed by atoms with Crippen LogP contribution in [0.3, 0.4) is 0 Å². The van der Waals surface area contributed by atoms with Crippen molar-refractivity contribution in [3.8, 4) is 5.75 Å². The van der Waals surface area contributed by atoms with Crippen LogP contribution >= 0.6 is 0 Å². The molecule has 0 radical (unpaired) electrons. The minimum Gasteiger partial charge on any atom is -0.492 e. The lowest BCUT2D eigenvalue weighted by Gasteiger charge is -2.22. The summed E-state index contributed by atoms with van der Waals surface area (Å²) in [4.78, 5) is 23.7. The van der Waals surface area contributed by atoms with E-state index < -0.39 is 5.41 Å². The molecule has 1 rings (SSSR count). The van der Waals surface area contributed by atoms with E-state index in [0.29, 0.717) is 23.6 Å². The van der Waals surface area contributed by atoms with Crippen LogP contribution in [0.1, 0.15) is 31.1 Å². The standard InChI is InChI=1S/C15H23N3O3/c1-5-21-12-7-6-10(8-11(12)16)13(19)18-9-15(2,3)14(20)17-4/h6-8H,5,9,16H2,1-4H3,(H,17,20)(H,18,19). The van der Waals surface area contributed by atoms with Crippen LogP contribution in [0.5, 0.6) is 5.75 Å². The molecule has 0 aliphatic rings. The highest BCUT2D eigenvalue weighted by Gasteiger charge is 2.27. The number of carbonyl (C=O) groups is 2. The van der Waals surface area contributed by atoms with E-state index in [1.807, 2.05) is 6.92 Å². The van der Waals surface area contributed by atoms with Gasteiger partial charge in [0.05, 0.1) is 17.7 Å². The fraction of sp³-hybridized carbons (Fsp3) is 0.467. The average Bonchev–Trinajstić information content (AvgIpc) is 2.46. The molecule has 0 heterocycles. The van der Waals surface area contributed by atoms with E-state index in [2.05, 4.69) is 10.6 Å². The van der Waals surface area contributed by atoms with Gasteiger partial charge in [-0.15, -0.1) is 0 Å². The number of nitrogens with one attached hydrogen (secondary N) is 2. The van der Waals surface area contributed by atoms with Crippen molar-refractivity contribution >= 4 is 17.5 Å². The molecule has 0 aliphatic carbocycles. The van der Waals surface area contributed by atoms with E-state index >= 15 is 0 Å². The number of nitrogen functional groups attached to an aromatic ring is 1. The lowest BCUT2D eigenvalue weighted by atomic mass is 9.92. The zero-order chi connectivity index (χ0) is 16.0. The Morgan fingerprint density at radius 1 is 1.33 bits per heavy atom. The van der Waals surface area contributed by atoms with Crippen molar-refractivity contribution in [3.05, 3.63) is 23.8 Å². The summed E-state index contributed by atoms with van der Waals surface area (Å²) in [6.07, 6.45) is 0. The molecule has 0 saturated heterocycles. The van der Waals surface area contributed by atoms with Gasteiger partial charge in [-0.25, -0.2) is 0 Å². The Bertz CT molecular complexity index is 527. The zero-order valence-electron chi connectivity index (χ0n) is 12.9. The maximum Gasteiger partial charge on any atom is 0.251 e. The van der Waals surface area contributed by atoms with Crippen molar-refractivity contribution in [2.24, 2.45) is 5.41 Å². The number of carbonyl (C=O) groups excluding carboxylic acids is 2. The number of amides is 2. The molecule has 116 valence electrons. The maximum atomic E-state index is 12.1. The lowest BCUT2D eigenvalue weighted by Crippen LogP contribution is -2.43. The average molecular weight is 293 g/mol. The normalized spacial score (nSPS) is 10.9. The summed E-state index contributed by atoms with van der Waals surface area (Å²) in [6.45, 7) is 6.13. The van der Waals surface area contributed by atoms with Gasteiger partial charge in [0.25, 0.3) is 5.91 Å². The van der Waals surface area contributed by atoms with E-state index in [0.717, 1.165) is 0 Å². The lowest BCUT2D eigenvalue weighted by molar-refractivity contribution is -0.128. The highest BCUT2D eigenvalue weighted by molar-refractivity contribution is 5.96. The van der Waals surface area contributed by atoms with Crippen molar-refractivity contribution < 1.29 is 14.3 Å². The predicted molar refractivity (Wildman–Crippen MR) is 82.2 cm³/mol. The van der Waals surface area contributed by atoms with Crippen LogP contribution in [0.25, 0.3) is 0 Å². The number of rotatable bonds is 6. The van der Waals surface area contributed by atoms with Crippen molar-refractivity contribution in [3.63, 3.8) is 0 Å². The highest BCUT2D eigenvalue weighted by Crippen LogP contribution is 2.22. The van der Waals surface area contributed by atoms with Gasteiger partial charge < -0.3 is 21.1 Å². The molecule has 0 spiro atoms. The minimum atomic E-state index is -0.679. The molecule has 6 heteroatoms. The van der Waals surface area contributed by atoms with Crippen LogP contribution < -0.4 is 21.1 Å². The third-order valence-corrected chi connectivity index (χ3v) is 3.10. The Morgan fingerprint density at radius 2 is 2.00 bits per heavy atom. The van der Waals surface area contributed by atoms with Gasteiger partial charge >= 0.3 is 0 Å². The summed E-state index contributed by atoms with van der Waals surface area (Å²) in [7, 11) is 1.57. The Kier molecular flexibility index (Phi) is 5.58. The number of hydrogen-bond donors (Lipinski definition) is 3. The van der Waals surface area contributed by atoms with Crippen molar-refractivity contribution in [2.45, 2.75) is 20.8 Å². The second kappa shape index (κ2) is 6.97. The Balaban J connectivity index is 2.72. The van der Waals surface area contributed by atoms with Gasteiger partial charge in [0.2, 0.25) is 5.91 Å². The molecule has 1 aromatic carbocycles. The van der Waals surface area contributed by atoms with Gasteiger partial charge in [-0.3, -0.25) is 9.59 Å². The van der Waals surface area contributed by atoms with Crippen LogP contribution in [0.15, 0.2) is 18.2 Å². The summed E-state index contributed by atoms with van der Waals surface area (Å²) in [6, 6.07) is 4.87. The largest absolute Gasteiger partial charge is 0.492 e. The number of anilines is 1. The zero-order valence-corrected chi connectivity index (χ0v) is 12.9. The van der Waals surface area contributed by atoms with E-state index in [-0.39, 0.29) is 18.4 Å². The number of benzene rings is 1. The summed E-state index contributed by atoms with van der Waals surface area (Å²) in [5, 5.41) is 5.31. The first-order valence-corrected chi connectivity index (χ1v) is 6.84. The molecule has 1 aromatic rings.